The van der Waals surface area contributed by atoms with Gasteiger partial charge in [-0.05, 0) is 23.0 Å². The molecule has 5 nitrogen and oxygen atoms in total. The van der Waals surface area contributed by atoms with Crippen molar-refractivity contribution < 1.29 is 10.2 Å². The molecule has 1 rings (SSSR count). The molecule has 0 spiro atoms. The van der Waals surface area contributed by atoms with E-state index in [2.05, 4.69) is 15.0 Å². The van der Waals surface area contributed by atoms with Crippen molar-refractivity contribution in [2.75, 3.05) is 13.2 Å². The van der Waals surface area contributed by atoms with Crippen molar-refractivity contribution in [3.8, 4) is 0 Å². The van der Waals surface area contributed by atoms with Crippen molar-refractivity contribution in [1.82, 2.24) is 4.98 Å². The Labute approximate surface area is 145 Å². The van der Waals surface area contributed by atoms with Crippen molar-refractivity contribution in [2.24, 2.45) is 20.8 Å². The van der Waals surface area contributed by atoms with Gasteiger partial charge in [-0.3, -0.25) is 9.98 Å². The molecule has 0 aliphatic heterocycles. The zero-order valence-corrected chi connectivity index (χ0v) is 15.7. The van der Waals surface area contributed by atoms with Crippen LogP contribution in [0.3, 0.4) is 0 Å². The minimum Gasteiger partial charge on any atom is -0.394 e. The molecule has 0 amide bonds. The van der Waals surface area contributed by atoms with Gasteiger partial charge in [0.1, 0.15) is 0 Å². The van der Waals surface area contributed by atoms with Gasteiger partial charge in [0.25, 0.3) is 0 Å². The minimum absolute atomic E-state index is 0.00487. The van der Waals surface area contributed by atoms with Gasteiger partial charge in [0.2, 0.25) is 0 Å². The lowest BCUT2D eigenvalue weighted by Gasteiger charge is -2.25. The summed E-state index contributed by atoms with van der Waals surface area (Å²) in [5.41, 5.74) is 1.23. The maximum atomic E-state index is 9.46. The lowest BCUT2D eigenvalue weighted by molar-refractivity contribution is 0.191. The third-order valence-corrected chi connectivity index (χ3v) is 3.91. The highest BCUT2D eigenvalue weighted by molar-refractivity contribution is 5.81. The molecular formula is C19H31N3O2. The first-order chi connectivity index (χ1) is 11.1. The average molecular weight is 333 g/mol. The van der Waals surface area contributed by atoms with Crippen molar-refractivity contribution in [2.45, 2.75) is 53.6 Å². The molecule has 24 heavy (non-hydrogen) atoms. The van der Waals surface area contributed by atoms with Gasteiger partial charge >= 0.3 is 0 Å². The number of aromatic nitrogens is 1. The molecule has 1 heterocycles. The Morgan fingerprint density at radius 3 is 1.54 bits per heavy atom. The van der Waals surface area contributed by atoms with Gasteiger partial charge in [-0.1, -0.05) is 47.6 Å². The Balaban J connectivity index is 2.91. The fraction of sp³-hybridized carbons (Fsp3) is 0.632. The molecule has 2 N–H and O–H groups in total. The molecule has 0 bridgehead atoms. The van der Waals surface area contributed by atoms with Crippen LogP contribution in [0.1, 0.15) is 52.9 Å². The zero-order valence-electron chi connectivity index (χ0n) is 15.7. The van der Waals surface area contributed by atoms with E-state index in [-0.39, 0.29) is 36.1 Å². The molecule has 5 heteroatoms. The SMILES string of the molecule is CC(C)(C)[C@H](CO)N=Cc1cccc(C=N[C@H](CO)C(C)(C)C)n1. The van der Waals surface area contributed by atoms with Crippen LogP contribution in [-0.2, 0) is 0 Å². The van der Waals surface area contributed by atoms with E-state index in [1.54, 1.807) is 12.4 Å². The van der Waals surface area contributed by atoms with Crippen molar-refractivity contribution in [3.05, 3.63) is 29.6 Å². The van der Waals surface area contributed by atoms with Crippen LogP contribution in [0.15, 0.2) is 28.2 Å². The van der Waals surface area contributed by atoms with E-state index < -0.39 is 0 Å². The second-order valence-electron chi connectivity index (χ2n) is 8.17. The Kier molecular flexibility index (Phi) is 7.24. The predicted molar refractivity (Wildman–Crippen MR) is 100 cm³/mol. The van der Waals surface area contributed by atoms with E-state index in [4.69, 9.17) is 0 Å². The van der Waals surface area contributed by atoms with Crippen LogP contribution in [0.5, 0.6) is 0 Å². The summed E-state index contributed by atoms with van der Waals surface area (Å²) < 4.78 is 0. The molecule has 0 aliphatic carbocycles. The molecule has 134 valence electrons. The number of rotatable bonds is 6. The summed E-state index contributed by atoms with van der Waals surface area (Å²) in [5, 5.41) is 18.9. The third-order valence-electron chi connectivity index (χ3n) is 3.91. The van der Waals surface area contributed by atoms with Gasteiger partial charge in [-0.25, -0.2) is 4.98 Å². The summed E-state index contributed by atoms with van der Waals surface area (Å²) in [6, 6.07) is 5.29. The van der Waals surface area contributed by atoms with Crippen LogP contribution >= 0.6 is 0 Å². The van der Waals surface area contributed by atoms with Crippen LogP contribution in [0.2, 0.25) is 0 Å². The Morgan fingerprint density at radius 1 is 0.875 bits per heavy atom. The quantitative estimate of drug-likeness (QED) is 0.786. The molecule has 0 saturated heterocycles. The van der Waals surface area contributed by atoms with E-state index in [1.807, 2.05) is 59.7 Å². The molecule has 0 fully saturated rings. The van der Waals surface area contributed by atoms with Gasteiger partial charge in [-0.15, -0.1) is 0 Å². The maximum absolute atomic E-state index is 9.46. The summed E-state index contributed by atoms with van der Waals surface area (Å²) in [6.45, 7) is 12.3. The highest BCUT2D eigenvalue weighted by Gasteiger charge is 2.23. The summed E-state index contributed by atoms with van der Waals surface area (Å²) in [7, 11) is 0. The Morgan fingerprint density at radius 2 is 1.25 bits per heavy atom. The number of aliphatic hydroxyl groups excluding tert-OH is 2. The number of nitrogens with zero attached hydrogens (tertiary/aromatic N) is 3. The molecule has 1 aromatic heterocycles. The molecule has 0 saturated carbocycles. The third kappa shape index (κ3) is 6.49. The Bertz CT molecular complexity index is 521. The van der Waals surface area contributed by atoms with E-state index in [1.165, 1.54) is 0 Å². The van der Waals surface area contributed by atoms with E-state index in [0.717, 1.165) is 11.4 Å². The topological polar surface area (TPSA) is 78.1 Å². The predicted octanol–water partition coefficient (Wildman–Crippen LogP) is 2.73. The summed E-state index contributed by atoms with van der Waals surface area (Å²) in [6.07, 6.45) is 3.38. The van der Waals surface area contributed by atoms with Crippen molar-refractivity contribution in [3.63, 3.8) is 0 Å². The fourth-order valence-electron chi connectivity index (χ4n) is 2.03. The molecule has 0 radical (unpaired) electrons. The highest BCUT2D eigenvalue weighted by Crippen LogP contribution is 2.22. The van der Waals surface area contributed by atoms with Crippen LogP contribution in [0.25, 0.3) is 0 Å². The second kappa shape index (κ2) is 8.49. The zero-order chi connectivity index (χ0) is 18.4. The summed E-state index contributed by atoms with van der Waals surface area (Å²) >= 11 is 0. The molecule has 1 aromatic rings. The lowest BCUT2D eigenvalue weighted by atomic mass is 9.88. The first kappa shape index (κ1) is 20.5. The highest BCUT2D eigenvalue weighted by atomic mass is 16.3. The molecule has 0 unspecified atom stereocenters. The van der Waals surface area contributed by atoms with Gasteiger partial charge in [0, 0.05) is 12.4 Å². The van der Waals surface area contributed by atoms with Crippen LogP contribution in [0, 0.1) is 10.8 Å². The number of aliphatic hydroxyl groups is 2. The fourth-order valence-corrected chi connectivity index (χ4v) is 2.03. The van der Waals surface area contributed by atoms with Gasteiger partial charge in [-0.2, -0.15) is 0 Å². The van der Waals surface area contributed by atoms with E-state index >= 15 is 0 Å². The van der Waals surface area contributed by atoms with Gasteiger partial charge < -0.3 is 10.2 Å². The van der Waals surface area contributed by atoms with Gasteiger partial charge in [0.15, 0.2) is 0 Å². The summed E-state index contributed by atoms with van der Waals surface area (Å²) in [5.74, 6) is 0. The number of hydrogen-bond donors (Lipinski definition) is 2. The van der Waals surface area contributed by atoms with Crippen molar-refractivity contribution >= 4 is 12.4 Å². The van der Waals surface area contributed by atoms with Crippen LogP contribution in [0.4, 0.5) is 0 Å². The monoisotopic (exact) mass is 333 g/mol. The minimum atomic E-state index is -0.170. The van der Waals surface area contributed by atoms with E-state index in [0.29, 0.717) is 0 Å². The molecule has 0 aliphatic rings. The largest absolute Gasteiger partial charge is 0.394 e. The standard InChI is InChI=1S/C19H31N3O2/c1-18(2,3)16(12-23)20-10-14-8-7-9-15(22-14)11-21-17(13-24)19(4,5)6/h7-11,16-17,23-24H,12-13H2,1-6H3/t16-,17+. The maximum Gasteiger partial charge on any atom is 0.0815 e. The Hall–Kier alpha value is -1.59. The number of aliphatic imine (C=N–C) groups is 2. The number of pyridine rings is 1. The first-order valence-electron chi connectivity index (χ1n) is 8.33. The lowest BCUT2D eigenvalue weighted by Crippen LogP contribution is -2.28. The molecule has 2 atom stereocenters. The smallest absolute Gasteiger partial charge is 0.0815 e. The molecule has 0 aromatic carbocycles. The van der Waals surface area contributed by atoms with Crippen molar-refractivity contribution in [1.29, 1.82) is 0 Å². The van der Waals surface area contributed by atoms with Crippen LogP contribution < -0.4 is 0 Å². The average Bonchev–Trinajstić information content (AvgIpc) is 2.46. The van der Waals surface area contributed by atoms with E-state index in [9.17, 15) is 10.2 Å². The van der Waals surface area contributed by atoms with Gasteiger partial charge in [0.05, 0.1) is 36.7 Å². The second-order valence-corrected chi connectivity index (χ2v) is 8.17. The molecular weight excluding hydrogens is 302 g/mol. The van der Waals surface area contributed by atoms with Crippen LogP contribution in [-0.4, -0.2) is 52.9 Å². The normalized spacial score (nSPS) is 16.0. The first-order valence-corrected chi connectivity index (χ1v) is 8.33. The number of hydrogen-bond acceptors (Lipinski definition) is 5. The summed E-state index contributed by atoms with van der Waals surface area (Å²) in [4.78, 5) is 13.4.